The molecule has 0 amide bonds. The van der Waals surface area contributed by atoms with Crippen LogP contribution >= 0.6 is 0 Å². The summed E-state index contributed by atoms with van der Waals surface area (Å²) in [6.07, 6.45) is 5.01. The van der Waals surface area contributed by atoms with E-state index in [2.05, 4.69) is 20.6 Å². The Morgan fingerprint density at radius 2 is 1.76 bits per heavy atom. The van der Waals surface area contributed by atoms with Gasteiger partial charge in [0.1, 0.15) is 11.7 Å². The van der Waals surface area contributed by atoms with Crippen molar-refractivity contribution in [2.75, 3.05) is 6.54 Å². The molecule has 9 heteroatoms. The van der Waals surface area contributed by atoms with E-state index in [1.807, 2.05) is 0 Å². The number of nitrogens with one attached hydrogen (secondary N) is 2. The minimum atomic E-state index is -1.27. The van der Waals surface area contributed by atoms with Crippen LogP contribution in [0.25, 0.3) is 0 Å². The molecular weight excluding hydrogens is 283 g/mol. The number of nitriles is 2. The van der Waals surface area contributed by atoms with Crippen molar-refractivity contribution in [2.45, 2.75) is 39.2 Å². The molecule has 8 nitrogen and oxygen atoms in total. The number of nitrogens with zero attached hydrogens (tertiary/aromatic N) is 4. The van der Waals surface area contributed by atoms with Crippen LogP contribution in [-0.4, -0.2) is 30.2 Å². The average Bonchev–Trinajstić information content (AvgIpc) is 2.37. The Labute approximate surface area is 146 Å². The minimum absolute atomic E-state index is 0. The molecular formula is C12H17N6NaO2. The normalized spacial score (nSPS) is 12.4. The molecule has 0 aliphatic heterocycles. The van der Waals surface area contributed by atoms with Crippen molar-refractivity contribution in [3.05, 3.63) is 0 Å². The molecule has 0 aliphatic rings. The molecule has 0 aromatic rings. The SMILES string of the molecule is CC(=NCCCCC(N=C(C)NC#N)C(=O)[O-])NC#N.[Na+]. The van der Waals surface area contributed by atoms with Crippen LogP contribution in [-0.2, 0) is 4.79 Å². The van der Waals surface area contributed by atoms with Gasteiger partial charge in [-0.15, -0.1) is 0 Å². The Balaban J connectivity index is 0. The first-order valence-electron chi connectivity index (χ1n) is 6.07. The van der Waals surface area contributed by atoms with Gasteiger partial charge in [-0.25, -0.2) is 0 Å². The first kappa shape index (κ1) is 21.7. The first-order chi connectivity index (χ1) is 9.51. The Bertz CT molecular complexity index is 463. The van der Waals surface area contributed by atoms with Gasteiger partial charge < -0.3 is 9.90 Å². The van der Waals surface area contributed by atoms with Gasteiger partial charge in [0.2, 0.25) is 0 Å². The van der Waals surface area contributed by atoms with Crippen LogP contribution in [0.1, 0.15) is 33.1 Å². The number of carboxylic acids is 1. The number of aliphatic imine (C=N–C) groups is 2. The number of carbonyl (C=O) groups excluding carboxylic acids is 1. The summed E-state index contributed by atoms with van der Waals surface area (Å²) in [6.45, 7) is 3.69. The van der Waals surface area contributed by atoms with Crippen LogP contribution in [0.2, 0.25) is 0 Å². The van der Waals surface area contributed by atoms with Crippen molar-refractivity contribution < 1.29 is 39.5 Å². The zero-order valence-corrected chi connectivity index (χ0v) is 14.5. The van der Waals surface area contributed by atoms with Crippen LogP contribution in [0.5, 0.6) is 0 Å². The third-order valence-electron chi connectivity index (χ3n) is 2.33. The number of aliphatic carboxylic acids is 1. The molecule has 108 valence electrons. The molecule has 0 saturated carbocycles. The predicted molar refractivity (Wildman–Crippen MR) is 71.2 cm³/mol. The van der Waals surface area contributed by atoms with E-state index in [-0.39, 0.29) is 35.4 Å². The molecule has 1 atom stereocenters. The molecule has 0 fully saturated rings. The van der Waals surface area contributed by atoms with Gasteiger partial charge in [0.25, 0.3) is 0 Å². The zero-order chi connectivity index (χ0) is 15.4. The standard InChI is InChI=1S/C12H18N6O2.Na/c1-9(16-7-13)15-6-4-3-5-11(12(19)20)18-10(2)17-8-14;/h11H,3-6H2,1-2H3,(H,15,16)(H,17,18)(H,19,20);/q;+1/p-1. The van der Waals surface area contributed by atoms with Crippen molar-refractivity contribution in [1.29, 1.82) is 10.5 Å². The van der Waals surface area contributed by atoms with Gasteiger partial charge in [-0.2, -0.15) is 10.5 Å². The summed E-state index contributed by atoms with van der Waals surface area (Å²) in [5.41, 5.74) is 0. The summed E-state index contributed by atoms with van der Waals surface area (Å²) in [6, 6.07) is -0.974. The van der Waals surface area contributed by atoms with Gasteiger partial charge in [0.15, 0.2) is 12.4 Å². The molecule has 0 radical (unpaired) electrons. The zero-order valence-electron chi connectivity index (χ0n) is 12.5. The maximum Gasteiger partial charge on any atom is 1.00 e. The molecule has 21 heavy (non-hydrogen) atoms. The minimum Gasteiger partial charge on any atom is -0.548 e. The second-order valence-corrected chi connectivity index (χ2v) is 3.99. The van der Waals surface area contributed by atoms with Crippen molar-refractivity contribution in [2.24, 2.45) is 9.98 Å². The largest absolute Gasteiger partial charge is 1.00 e. The van der Waals surface area contributed by atoms with E-state index in [9.17, 15) is 9.90 Å². The molecule has 2 N–H and O–H groups in total. The molecule has 0 rings (SSSR count). The number of hydrogen-bond acceptors (Lipinski definition) is 6. The summed E-state index contributed by atoms with van der Waals surface area (Å²) >= 11 is 0. The molecule has 0 saturated heterocycles. The van der Waals surface area contributed by atoms with E-state index >= 15 is 0 Å². The van der Waals surface area contributed by atoms with Crippen LogP contribution in [0.15, 0.2) is 9.98 Å². The fourth-order valence-corrected chi connectivity index (χ4v) is 1.40. The molecule has 0 aromatic carbocycles. The number of carboxylic acid groups (broad SMARTS) is 1. The van der Waals surface area contributed by atoms with Gasteiger partial charge in [0.05, 0.1) is 12.0 Å². The molecule has 0 spiro atoms. The number of amidine groups is 2. The maximum absolute atomic E-state index is 10.9. The number of unbranched alkanes of at least 4 members (excludes halogenated alkanes) is 1. The Hall–Kier alpha value is -1.61. The van der Waals surface area contributed by atoms with Crippen LogP contribution in [0.4, 0.5) is 0 Å². The smallest absolute Gasteiger partial charge is 0.548 e. The van der Waals surface area contributed by atoms with Gasteiger partial charge in [-0.05, 0) is 33.1 Å². The fourth-order valence-electron chi connectivity index (χ4n) is 1.40. The number of rotatable bonds is 7. The van der Waals surface area contributed by atoms with Crippen molar-refractivity contribution in [3.63, 3.8) is 0 Å². The summed E-state index contributed by atoms with van der Waals surface area (Å²) in [7, 11) is 0. The van der Waals surface area contributed by atoms with Crippen LogP contribution in [0, 0.1) is 22.9 Å². The van der Waals surface area contributed by atoms with Crippen molar-refractivity contribution >= 4 is 17.6 Å². The molecule has 1 unspecified atom stereocenters. The van der Waals surface area contributed by atoms with E-state index in [0.717, 1.165) is 0 Å². The van der Waals surface area contributed by atoms with Gasteiger partial charge in [-0.3, -0.25) is 20.6 Å². The summed E-state index contributed by atoms with van der Waals surface area (Å²) in [4.78, 5) is 18.8. The van der Waals surface area contributed by atoms with E-state index in [1.165, 1.54) is 6.92 Å². The van der Waals surface area contributed by atoms with Crippen LogP contribution in [0.3, 0.4) is 0 Å². The molecule has 0 heterocycles. The maximum atomic E-state index is 10.9. The second kappa shape index (κ2) is 13.4. The molecule has 0 bridgehead atoms. The quantitative estimate of drug-likeness (QED) is 0.124. The molecule has 0 aliphatic carbocycles. The monoisotopic (exact) mass is 300 g/mol. The molecule has 0 aromatic heterocycles. The third-order valence-corrected chi connectivity index (χ3v) is 2.33. The number of hydrogen-bond donors (Lipinski definition) is 2. The van der Waals surface area contributed by atoms with E-state index in [0.29, 0.717) is 31.6 Å². The van der Waals surface area contributed by atoms with E-state index in [1.54, 1.807) is 19.3 Å². The van der Waals surface area contributed by atoms with Gasteiger partial charge in [0, 0.05) is 6.54 Å². The average molecular weight is 300 g/mol. The Morgan fingerprint density at radius 1 is 1.19 bits per heavy atom. The van der Waals surface area contributed by atoms with E-state index in [4.69, 9.17) is 10.5 Å². The predicted octanol–water partition coefficient (Wildman–Crippen LogP) is -3.74. The fraction of sp³-hybridized carbons (Fsp3) is 0.583. The van der Waals surface area contributed by atoms with Crippen LogP contribution < -0.4 is 45.3 Å². The third kappa shape index (κ3) is 11.9. The summed E-state index contributed by atoms with van der Waals surface area (Å²) in [5, 5.41) is 32.3. The Morgan fingerprint density at radius 3 is 2.29 bits per heavy atom. The van der Waals surface area contributed by atoms with Crippen molar-refractivity contribution in [1.82, 2.24) is 10.6 Å². The van der Waals surface area contributed by atoms with Gasteiger partial charge >= 0.3 is 29.6 Å². The number of carbonyl (C=O) groups is 1. The topological polar surface area (TPSA) is 136 Å². The second-order valence-electron chi connectivity index (χ2n) is 3.99. The van der Waals surface area contributed by atoms with Crippen molar-refractivity contribution in [3.8, 4) is 12.4 Å². The Kier molecular flexibility index (Phi) is 13.8. The first-order valence-corrected chi connectivity index (χ1v) is 6.07. The van der Waals surface area contributed by atoms with E-state index < -0.39 is 12.0 Å². The summed E-state index contributed by atoms with van der Waals surface area (Å²) < 4.78 is 0. The summed E-state index contributed by atoms with van der Waals surface area (Å²) in [5.74, 6) is -0.500. The van der Waals surface area contributed by atoms with Gasteiger partial charge in [-0.1, -0.05) is 0 Å².